The van der Waals surface area contributed by atoms with Crippen LogP contribution in [0, 0.1) is 11.2 Å². The summed E-state index contributed by atoms with van der Waals surface area (Å²) in [7, 11) is 0. The van der Waals surface area contributed by atoms with Gasteiger partial charge in [0.1, 0.15) is 5.82 Å². The van der Waals surface area contributed by atoms with Crippen LogP contribution < -0.4 is 5.32 Å². The predicted molar refractivity (Wildman–Crippen MR) is 92.5 cm³/mol. The molecule has 0 amide bonds. The Morgan fingerprint density at radius 3 is 2.24 bits per heavy atom. The topological polar surface area (TPSA) is 15.3 Å². The lowest BCUT2D eigenvalue weighted by molar-refractivity contribution is 0.0835. The molecule has 2 rings (SSSR count). The van der Waals surface area contributed by atoms with Crippen molar-refractivity contribution in [1.29, 1.82) is 0 Å². The van der Waals surface area contributed by atoms with Crippen molar-refractivity contribution in [2.45, 2.75) is 26.8 Å². The van der Waals surface area contributed by atoms with Gasteiger partial charge in [-0.05, 0) is 17.5 Å². The van der Waals surface area contributed by atoms with Crippen LogP contribution in [0.25, 0.3) is 0 Å². The summed E-state index contributed by atoms with van der Waals surface area (Å²) < 4.78 is 14.3. The molecule has 1 fully saturated rings. The van der Waals surface area contributed by atoms with E-state index in [2.05, 4.69) is 31.0 Å². The zero-order valence-electron chi connectivity index (χ0n) is 12.7. The summed E-state index contributed by atoms with van der Waals surface area (Å²) in [6.07, 6.45) is 0. The van der Waals surface area contributed by atoms with Crippen molar-refractivity contribution in [3.05, 3.63) is 34.6 Å². The molecule has 1 aromatic carbocycles. The lowest BCUT2D eigenvalue weighted by atomic mass is 9.80. The van der Waals surface area contributed by atoms with Gasteiger partial charge in [0.2, 0.25) is 0 Å². The molecule has 1 saturated heterocycles. The number of halogens is 4. The highest BCUT2D eigenvalue weighted by Gasteiger charge is 2.35. The second-order valence-corrected chi connectivity index (χ2v) is 6.60. The number of hydrogen-bond acceptors (Lipinski definition) is 2. The molecule has 1 heterocycles. The van der Waals surface area contributed by atoms with Crippen LogP contribution >= 0.6 is 36.4 Å². The number of piperazine rings is 1. The minimum absolute atomic E-state index is 0. The monoisotopic (exact) mass is 356 g/mol. The Labute approximate surface area is 144 Å². The first kappa shape index (κ1) is 20.9. The third kappa shape index (κ3) is 4.97. The summed E-state index contributed by atoms with van der Waals surface area (Å²) in [6.45, 7) is 10.2. The van der Waals surface area contributed by atoms with Crippen molar-refractivity contribution >= 4 is 36.4 Å². The number of nitrogens with zero attached hydrogens (tertiary/aromatic N) is 1. The Hall–Kier alpha value is -0.0600. The van der Waals surface area contributed by atoms with Gasteiger partial charge in [0.25, 0.3) is 0 Å². The number of rotatable bonds is 2. The lowest BCUT2D eigenvalue weighted by Gasteiger charge is -2.43. The van der Waals surface area contributed by atoms with Crippen LogP contribution in [0.15, 0.2) is 18.2 Å². The molecule has 1 atom stereocenters. The summed E-state index contributed by atoms with van der Waals surface area (Å²) in [4.78, 5) is 2.33. The summed E-state index contributed by atoms with van der Waals surface area (Å²) in [5, 5.41) is 3.86. The summed E-state index contributed by atoms with van der Waals surface area (Å²) in [5.74, 6) is -0.203. The summed E-state index contributed by atoms with van der Waals surface area (Å²) in [5.41, 5.74) is 0.571. The largest absolute Gasteiger partial charge is 0.314 e. The van der Waals surface area contributed by atoms with Gasteiger partial charge in [-0.25, -0.2) is 4.39 Å². The molecule has 0 bridgehead atoms. The predicted octanol–water partition coefficient (Wildman–Crippen LogP) is 4.32. The molecule has 122 valence electrons. The number of benzene rings is 1. The van der Waals surface area contributed by atoms with Crippen molar-refractivity contribution in [3.8, 4) is 0 Å². The molecular weight excluding hydrogens is 334 g/mol. The second-order valence-electron chi connectivity index (χ2n) is 6.19. The average Bonchev–Trinajstić information content (AvgIpc) is 2.33. The molecule has 21 heavy (non-hydrogen) atoms. The number of nitrogens with one attached hydrogen (secondary N) is 1. The van der Waals surface area contributed by atoms with E-state index in [1.165, 1.54) is 6.07 Å². The highest BCUT2D eigenvalue weighted by molar-refractivity contribution is 6.31. The molecule has 1 aromatic rings. The lowest BCUT2D eigenvalue weighted by Crippen LogP contribution is -2.48. The van der Waals surface area contributed by atoms with Crippen LogP contribution in [-0.2, 0) is 0 Å². The van der Waals surface area contributed by atoms with E-state index in [4.69, 9.17) is 11.6 Å². The first-order valence-corrected chi connectivity index (χ1v) is 7.18. The fourth-order valence-corrected chi connectivity index (χ4v) is 3.14. The third-order valence-corrected chi connectivity index (χ3v) is 3.94. The van der Waals surface area contributed by atoms with Crippen LogP contribution in [0.4, 0.5) is 4.39 Å². The van der Waals surface area contributed by atoms with E-state index in [1.807, 2.05) is 0 Å². The maximum atomic E-state index is 14.3. The van der Waals surface area contributed by atoms with E-state index in [0.29, 0.717) is 10.6 Å². The van der Waals surface area contributed by atoms with E-state index < -0.39 is 0 Å². The van der Waals surface area contributed by atoms with Gasteiger partial charge >= 0.3 is 0 Å². The van der Waals surface area contributed by atoms with Crippen LogP contribution in [0.5, 0.6) is 0 Å². The molecule has 1 aliphatic heterocycles. The van der Waals surface area contributed by atoms with Gasteiger partial charge < -0.3 is 5.32 Å². The van der Waals surface area contributed by atoms with Gasteiger partial charge in [0.05, 0.1) is 0 Å². The second kappa shape index (κ2) is 8.54. The van der Waals surface area contributed by atoms with Crippen LogP contribution in [-0.4, -0.2) is 31.1 Å². The Balaban J connectivity index is 0.00000200. The molecule has 0 radical (unpaired) electrons. The first-order chi connectivity index (χ1) is 8.91. The molecule has 0 aromatic heterocycles. The fourth-order valence-electron chi connectivity index (χ4n) is 2.88. The van der Waals surface area contributed by atoms with Gasteiger partial charge in [-0.15, -0.1) is 24.8 Å². The molecule has 6 heteroatoms. The maximum absolute atomic E-state index is 14.3. The van der Waals surface area contributed by atoms with Crippen molar-refractivity contribution < 1.29 is 4.39 Å². The quantitative estimate of drug-likeness (QED) is 0.848. The van der Waals surface area contributed by atoms with Crippen molar-refractivity contribution in [1.82, 2.24) is 10.2 Å². The van der Waals surface area contributed by atoms with Crippen molar-refractivity contribution in [2.24, 2.45) is 5.41 Å². The zero-order valence-corrected chi connectivity index (χ0v) is 15.0. The van der Waals surface area contributed by atoms with Crippen molar-refractivity contribution in [3.63, 3.8) is 0 Å². The van der Waals surface area contributed by atoms with E-state index >= 15 is 0 Å². The molecule has 0 spiro atoms. The third-order valence-electron chi connectivity index (χ3n) is 3.61. The molecule has 0 aliphatic carbocycles. The van der Waals surface area contributed by atoms with Gasteiger partial charge in [-0.3, -0.25) is 4.90 Å². The van der Waals surface area contributed by atoms with E-state index in [1.54, 1.807) is 12.1 Å². The normalized spacial score (nSPS) is 17.6. The minimum atomic E-state index is -0.203. The smallest absolute Gasteiger partial charge is 0.129 e. The molecule has 1 N–H and O–H groups in total. The summed E-state index contributed by atoms with van der Waals surface area (Å²) >= 11 is 6.27. The number of hydrogen-bond donors (Lipinski definition) is 1. The molecule has 0 saturated carbocycles. The van der Waals surface area contributed by atoms with Gasteiger partial charge in [0.15, 0.2) is 0 Å². The molecule has 1 aliphatic rings. The first-order valence-electron chi connectivity index (χ1n) is 6.80. The van der Waals surface area contributed by atoms with Crippen molar-refractivity contribution in [2.75, 3.05) is 26.2 Å². The maximum Gasteiger partial charge on any atom is 0.129 e. The molecular formula is C15H24Cl3FN2. The highest BCUT2D eigenvalue weighted by atomic mass is 35.5. The standard InChI is InChI=1S/C15H22ClFN2.2ClH/c1-15(2,3)14(19-9-7-18-8-10-19)13-11(16)5-4-6-12(13)17;;/h4-6,14,18H,7-10H2,1-3H3;2*1H/t14-;;/m1../s1. The molecule has 0 unspecified atom stereocenters. The highest BCUT2D eigenvalue weighted by Crippen LogP contribution is 2.42. The summed E-state index contributed by atoms with van der Waals surface area (Å²) in [6, 6.07) is 4.95. The van der Waals surface area contributed by atoms with Gasteiger partial charge in [-0.2, -0.15) is 0 Å². The fraction of sp³-hybridized carbons (Fsp3) is 0.600. The van der Waals surface area contributed by atoms with Gasteiger partial charge in [0, 0.05) is 42.8 Å². The minimum Gasteiger partial charge on any atom is -0.314 e. The Bertz CT molecular complexity index is 423. The Morgan fingerprint density at radius 1 is 1.19 bits per heavy atom. The van der Waals surface area contributed by atoms with Crippen LogP contribution in [0.2, 0.25) is 5.02 Å². The van der Waals surface area contributed by atoms with Crippen LogP contribution in [0.3, 0.4) is 0 Å². The van der Waals surface area contributed by atoms with Crippen LogP contribution in [0.1, 0.15) is 32.4 Å². The average molecular weight is 358 g/mol. The molecule has 2 nitrogen and oxygen atoms in total. The zero-order chi connectivity index (χ0) is 14.0. The Kier molecular flexibility index (Phi) is 8.52. The van der Waals surface area contributed by atoms with Gasteiger partial charge in [-0.1, -0.05) is 38.4 Å². The SMILES string of the molecule is CC(C)(C)[C@@H](c1c(F)cccc1Cl)N1CCNCC1.Cl.Cl. The van der Waals surface area contributed by atoms with E-state index in [0.717, 1.165) is 26.2 Å². The van der Waals surface area contributed by atoms with E-state index in [9.17, 15) is 4.39 Å². The Morgan fingerprint density at radius 2 is 1.76 bits per heavy atom. The van der Waals surface area contributed by atoms with E-state index in [-0.39, 0.29) is 42.1 Å².